The van der Waals surface area contributed by atoms with Crippen LogP contribution in [0.3, 0.4) is 0 Å². The summed E-state index contributed by atoms with van der Waals surface area (Å²) >= 11 is 1.97. The molecule has 0 aliphatic rings. The molecular formula is C10H19N3S. The van der Waals surface area contributed by atoms with Crippen molar-refractivity contribution in [1.82, 2.24) is 9.78 Å². The van der Waals surface area contributed by atoms with E-state index in [0.29, 0.717) is 0 Å². The zero-order valence-corrected chi connectivity index (χ0v) is 10.2. The maximum Gasteiger partial charge on any atom is 0.128 e. The van der Waals surface area contributed by atoms with Gasteiger partial charge in [-0.1, -0.05) is 6.92 Å². The number of aromatic nitrogens is 2. The first-order valence-corrected chi connectivity index (χ1v) is 6.14. The lowest BCUT2D eigenvalue weighted by Crippen LogP contribution is -2.00. The van der Waals surface area contributed by atoms with Gasteiger partial charge in [0.2, 0.25) is 0 Å². The normalized spacial score (nSPS) is 10.6. The van der Waals surface area contributed by atoms with Gasteiger partial charge in [0.25, 0.3) is 0 Å². The zero-order valence-electron chi connectivity index (χ0n) is 9.42. The molecule has 0 bridgehead atoms. The molecule has 1 heterocycles. The third kappa shape index (κ3) is 2.44. The largest absolute Gasteiger partial charge is 0.373 e. The highest BCUT2D eigenvalue weighted by Gasteiger charge is 2.10. The Bertz CT molecular complexity index is 294. The second kappa shape index (κ2) is 5.29. The summed E-state index contributed by atoms with van der Waals surface area (Å²) in [6.45, 7) is 4.28. The molecule has 0 radical (unpaired) electrons. The number of anilines is 1. The van der Waals surface area contributed by atoms with E-state index >= 15 is 0 Å². The van der Waals surface area contributed by atoms with Gasteiger partial charge in [0.15, 0.2) is 0 Å². The minimum Gasteiger partial charge on any atom is -0.373 e. The van der Waals surface area contributed by atoms with E-state index in [1.165, 1.54) is 17.7 Å². The lowest BCUT2D eigenvalue weighted by molar-refractivity contribution is 0.763. The van der Waals surface area contributed by atoms with Crippen LogP contribution in [0.2, 0.25) is 0 Å². The predicted octanol–water partition coefficient (Wildman–Crippen LogP) is 2.41. The quantitative estimate of drug-likeness (QED) is 0.762. The summed E-state index contributed by atoms with van der Waals surface area (Å²) in [5.74, 6) is 3.42. The van der Waals surface area contributed by atoms with Gasteiger partial charge >= 0.3 is 0 Å². The second-order valence-electron chi connectivity index (χ2n) is 3.34. The van der Waals surface area contributed by atoms with E-state index in [2.05, 4.69) is 24.3 Å². The number of nitrogens with zero attached hydrogens (tertiary/aromatic N) is 2. The molecule has 1 N–H and O–H groups in total. The lowest BCUT2D eigenvalue weighted by Gasteiger charge is -2.04. The molecule has 0 aliphatic carbocycles. The highest BCUT2D eigenvalue weighted by Crippen LogP contribution is 2.23. The zero-order chi connectivity index (χ0) is 10.6. The molecular weight excluding hydrogens is 194 g/mol. The number of thioether (sulfide) groups is 1. The van der Waals surface area contributed by atoms with E-state index in [-0.39, 0.29) is 0 Å². The Morgan fingerprint density at radius 2 is 2.21 bits per heavy atom. The van der Waals surface area contributed by atoms with Crippen molar-refractivity contribution in [2.75, 3.05) is 18.1 Å². The van der Waals surface area contributed by atoms with Crippen LogP contribution in [0, 0.1) is 6.92 Å². The monoisotopic (exact) mass is 213 g/mol. The van der Waals surface area contributed by atoms with Crippen LogP contribution in [0.15, 0.2) is 0 Å². The van der Waals surface area contributed by atoms with Crippen molar-refractivity contribution in [3.05, 3.63) is 11.3 Å². The lowest BCUT2D eigenvalue weighted by atomic mass is 10.3. The average Bonchev–Trinajstić information content (AvgIpc) is 2.42. The van der Waals surface area contributed by atoms with Crippen LogP contribution in [-0.2, 0) is 12.8 Å². The fraction of sp³-hybridized carbons (Fsp3) is 0.700. The maximum atomic E-state index is 4.40. The molecule has 0 unspecified atom stereocenters. The third-order valence-electron chi connectivity index (χ3n) is 2.18. The summed E-state index contributed by atoms with van der Waals surface area (Å²) in [4.78, 5) is 0. The first-order valence-electron chi connectivity index (χ1n) is 4.98. The topological polar surface area (TPSA) is 29.9 Å². The highest BCUT2D eigenvalue weighted by molar-refractivity contribution is 7.98. The Hall–Kier alpha value is -0.640. The van der Waals surface area contributed by atoms with Crippen LogP contribution in [0.5, 0.6) is 0 Å². The van der Waals surface area contributed by atoms with Crippen molar-refractivity contribution in [3.8, 4) is 0 Å². The van der Waals surface area contributed by atoms with Gasteiger partial charge in [0, 0.05) is 25.4 Å². The SMILES string of the molecule is CCCSCc1c(C)nn(C)c1NC. The van der Waals surface area contributed by atoms with Gasteiger partial charge in [-0.25, -0.2) is 0 Å². The molecule has 3 nitrogen and oxygen atoms in total. The molecule has 0 saturated carbocycles. The number of hydrogen-bond donors (Lipinski definition) is 1. The van der Waals surface area contributed by atoms with Crippen molar-refractivity contribution < 1.29 is 0 Å². The minimum atomic E-state index is 1.06. The van der Waals surface area contributed by atoms with Crippen molar-refractivity contribution in [2.45, 2.75) is 26.0 Å². The number of aryl methyl sites for hydroxylation is 2. The number of nitrogens with one attached hydrogen (secondary N) is 1. The first-order chi connectivity index (χ1) is 6.70. The second-order valence-corrected chi connectivity index (χ2v) is 4.44. The molecule has 4 heteroatoms. The van der Waals surface area contributed by atoms with Crippen molar-refractivity contribution in [3.63, 3.8) is 0 Å². The van der Waals surface area contributed by atoms with Crippen LogP contribution in [0.1, 0.15) is 24.6 Å². The standard InChI is InChI=1S/C10H19N3S/c1-5-6-14-7-9-8(2)12-13(4)10(9)11-3/h11H,5-7H2,1-4H3. The summed E-state index contributed by atoms with van der Waals surface area (Å²) in [6, 6.07) is 0. The van der Waals surface area contributed by atoms with Crippen molar-refractivity contribution >= 4 is 17.6 Å². The van der Waals surface area contributed by atoms with Crippen molar-refractivity contribution in [2.24, 2.45) is 7.05 Å². The van der Waals surface area contributed by atoms with Gasteiger partial charge in [-0.3, -0.25) is 4.68 Å². The van der Waals surface area contributed by atoms with E-state index in [4.69, 9.17) is 0 Å². The maximum absolute atomic E-state index is 4.40. The Morgan fingerprint density at radius 1 is 1.50 bits per heavy atom. The van der Waals surface area contributed by atoms with E-state index in [9.17, 15) is 0 Å². The van der Waals surface area contributed by atoms with Crippen LogP contribution in [-0.4, -0.2) is 22.6 Å². The molecule has 1 rings (SSSR count). The third-order valence-corrected chi connectivity index (χ3v) is 3.37. The van der Waals surface area contributed by atoms with Gasteiger partial charge in [0.1, 0.15) is 5.82 Å². The molecule has 0 spiro atoms. The molecule has 80 valence electrons. The number of rotatable bonds is 5. The Kier molecular flexibility index (Phi) is 4.32. The Balaban J connectivity index is 2.73. The fourth-order valence-corrected chi connectivity index (χ4v) is 2.49. The van der Waals surface area contributed by atoms with E-state index in [0.717, 1.165) is 17.3 Å². The molecule has 1 aromatic heterocycles. The first kappa shape index (κ1) is 11.4. The van der Waals surface area contributed by atoms with Crippen LogP contribution in [0.4, 0.5) is 5.82 Å². The molecule has 0 saturated heterocycles. The van der Waals surface area contributed by atoms with Gasteiger partial charge in [0.05, 0.1) is 5.69 Å². The Morgan fingerprint density at radius 3 is 2.79 bits per heavy atom. The minimum absolute atomic E-state index is 1.06. The molecule has 0 aromatic carbocycles. The summed E-state index contributed by atoms with van der Waals surface area (Å²) in [5, 5.41) is 7.60. The van der Waals surface area contributed by atoms with Gasteiger partial charge in [-0.15, -0.1) is 0 Å². The number of hydrogen-bond acceptors (Lipinski definition) is 3. The van der Waals surface area contributed by atoms with Gasteiger partial charge in [-0.05, 0) is 19.1 Å². The van der Waals surface area contributed by atoms with Crippen LogP contribution in [0.25, 0.3) is 0 Å². The summed E-state index contributed by atoms with van der Waals surface area (Å²) in [7, 11) is 3.93. The van der Waals surface area contributed by atoms with Crippen LogP contribution < -0.4 is 5.32 Å². The average molecular weight is 213 g/mol. The Labute approximate surface area is 90.3 Å². The fourth-order valence-electron chi connectivity index (χ4n) is 1.51. The summed E-state index contributed by atoms with van der Waals surface area (Å²) in [6.07, 6.45) is 1.23. The van der Waals surface area contributed by atoms with E-state index < -0.39 is 0 Å². The molecule has 0 amide bonds. The summed E-state index contributed by atoms with van der Waals surface area (Å²) in [5.41, 5.74) is 2.48. The molecule has 14 heavy (non-hydrogen) atoms. The summed E-state index contributed by atoms with van der Waals surface area (Å²) < 4.78 is 1.91. The molecule has 1 aromatic rings. The van der Waals surface area contributed by atoms with Gasteiger partial charge in [-0.2, -0.15) is 16.9 Å². The van der Waals surface area contributed by atoms with E-state index in [1.54, 1.807) is 0 Å². The van der Waals surface area contributed by atoms with Crippen molar-refractivity contribution in [1.29, 1.82) is 0 Å². The predicted molar refractivity (Wildman–Crippen MR) is 63.9 cm³/mol. The van der Waals surface area contributed by atoms with Gasteiger partial charge < -0.3 is 5.32 Å². The van der Waals surface area contributed by atoms with Crippen LogP contribution >= 0.6 is 11.8 Å². The highest BCUT2D eigenvalue weighted by atomic mass is 32.2. The molecule has 0 fully saturated rings. The molecule has 0 aliphatic heterocycles. The molecule has 0 atom stereocenters. The van der Waals surface area contributed by atoms with E-state index in [1.807, 2.05) is 30.5 Å². The smallest absolute Gasteiger partial charge is 0.128 e.